The second-order valence-electron chi connectivity index (χ2n) is 5.04. The van der Waals surface area contributed by atoms with Gasteiger partial charge >= 0.3 is 0 Å². The molecule has 0 aliphatic rings. The molecule has 0 heterocycles. The normalized spacial score (nSPS) is 12.5. The Morgan fingerprint density at radius 1 is 0.947 bits per heavy atom. The summed E-state index contributed by atoms with van der Waals surface area (Å²) in [5, 5.41) is 3.44. The zero-order valence-electron chi connectivity index (χ0n) is 11.9. The molecule has 0 radical (unpaired) electrons. The summed E-state index contributed by atoms with van der Waals surface area (Å²) in [5.41, 5.74) is 6.71. The summed E-state index contributed by atoms with van der Waals surface area (Å²) in [6.45, 7) is 6.50. The van der Waals surface area contributed by atoms with Crippen LogP contribution in [-0.4, -0.2) is 7.05 Å². The molecule has 0 aromatic heterocycles. The summed E-state index contributed by atoms with van der Waals surface area (Å²) in [6.07, 6.45) is 0. The minimum Gasteiger partial charge on any atom is -0.309 e. The van der Waals surface area contributed by atoms with Crippen molar-refractivity contribution in [3.8, 4) is 0 Å². The predicted octanol–water partition coefficient (Wildman–Crippen LogP) is 4.53. The first-order chi connectivity index (χ1) is 9.04. The Morgan fingerprint density at radius 2 is 1.68 bits per heavy atom. The second-order valence-corrected chi connectivity index (χ2v) is 6.12. The molecule has 2 aromatic rings. The number of hydrogen-bond donors (Lipinski definition) is 1. The number of nitrogens with one attached hydrogen (secondary N) is 1. The van der Waals surface area contributed by atoms with Gasteiger partial charge in [0, 0.05) is 3.57 Å². The van der Waals surface area contributed by atoms with Gasteiger partial charge in [0.25, 0.3) is 0 Å². The van der Waals surface area contributed by atoms with Crippen LogP contribution in [0.4, 0.5) is 0 Å². The number of halogens is 1. The Labute approximate surface area is 129 Å². The topological polar surface area (TPSA) is 12.0 Å². The van der Waals surface area contributed by atoms with Crippen LogP contribution < -0.4 is 5.32 Å². The van der Waals surface area contributed by atoms with Gasteiger partial charge in [-0.3, -0.25) is 0 Å². The Morgan fingerprint density at radius 3 is 2.32 bits per heavy atom. The van der Waals surface area contributed by atoms with Crippen molar-refractivity contribution >= 4 is 22.6 Å². The van der Waals surface area contributed by atoms with E-state index in [1.54, 1.807) is 0 Å². The van der Waals surface area contributed by atoms with Crippen LogP contribution in [0.3, 0.4) is 0 Å². The van der Waals surface area contributed by atoms with E-state index in [9.17, 15) is 0 Å². The quantitative estimate of drug-likeness (QED) is 0.789. The van der Waals surface area contributed by atoms with E-state index in [-0.39, 0.29) is 6.04 Å². The first kappa shape index (κ1) is 14.5. The molecule has 1 unspecified atom stereocenters. The Balaban J connectivity index is 2.50. The average molecular weight is 365 g/mol. The van der Waals surface area contributed by atoms with Crippen LogP contribution in [0.5, 0.6) is 0 Å². The van der Waals surface area contributed by atoms with Gasteiger partial charge in [0.15, 0.2) is 0 Å². The van der Waals surface area contributed by atoms with Gasteiger partial charge in [0.1, 0.15) is 0 Å². The van der Waals surface area contributed by atoms with Crippen molar-refractivity contribution in [3.63, 3.8) is 0 Å². The van der Waals surface area contributed by atoms with Gasteiger partial charge in [-0.1, -0.05) is 36.4 Å². The van der Waals surface area contributed by atoms with Crippen molar-refractivity contribution in [3.05, 3.63) is 67.8 Å². The maximum Gasteiger partial charge on any atom is 0.0584 e. The van der Waals surface area contributed by atoms with Crippen LogP contribution in [0.15, 0.2) is 36.4 Å². The molecule has 2 heteroatoms. The van der Waals surface area contributed by atoms with E-state index in [2.05, 4.69) is 85.1 Å². The highest BCUT2D eigenvalue weighted by atomic mass is 127. The molecule has 1 atom stereocenters. The third-order valence-electron chi connectivity index (χ3n) is 3.69. The van der Waals surface area contributed by atoms with Crippen molar-refractivity contribution in [2.75, 3.05) is 7.05 Å². The lowest BCUT2D eigenvalue weighted by atomic mass is 9.95. The maximum absolute atomic E-state index is 3.44. The first-order valence-electron chi connectivity index (χ1n) is 6.54. The summed E-state index contributed by atoms with van der Waals surface area (Å²) in [7, 11) is 2.03. The van der Waals surface area contributed by atoms with Gasteiger partial charge in [-0.25, -0.2) is 0 Å². The van der Waals surface area contributed by atoms with Gasteiger partial charge in [0.2, 0.25) is 0 Å². The number of benzene rings is 2. The highest BCUT2D eigenvalue weighted by molar-refractivity contribution is 14.1. The van der Waals surface area contributed by atoms with E-state index in [0.717, 1.165) is 0 Å². The lowest BCUT2D eigenvalue weighted by molar-refractivity contribution is 0.687. The summed E-state index contributed by atoms with van der Waals surface area (Å²) in [6, 6.07) is 13.5. The molecule has 0 bridgehead atoms. The van der Waals surface area contributed by atoms with Crippen LogP contribution in [-0.2, 0) is 0 Å². The summed E-state index contributed by atoms with van der Waals surface area (Å²) in [4.78, 5) is 0. The van der Waals surface area contributed by atoms with Crippen molar-refractivity contribution in [1.29, 1.82) is 0 Å². The van der Waals surface area contributed by atoms with Crippen LogP contribution in [0, 0.1) is 24.3 Å². The number of aryl methyl sites for hydroxylation is 3. The van der Waals surface area contributed by atoms with Crippen LogP contribution >= 0.6 is 22.6 Å². The Hall–Kier alpha value is -0.870. The lowest BCUT2D eigenvalue weighted by Gasteiger charge is -2.20. The minimum atomic E-state index is 0.256. The molecule has 0 spiro atoms. The van der Waals surface area contributed by atoms with Crippen LogP contribution in [0.2, 0.25) is 0 Å². The highest BCUT2D eigenvalue weighted by Gasteiger charge is 2.16. The monoisotopic (exact) mass is 365 g/mol. The molecule has 0 saturated carbocycles. The van der Waals surface area contributed by atoms with E-state index in [0.29, 0.717) is 0 Å². The van der Waals surface area contributed by atoms with Gasteiger partial charge in [0.05, 0.1) is 6.04 Å². The third-order valence-corrected chi connectivity index (χ3v) is 5.16. The fourth-order valence-corrected chi connectivity index (χ4v) is 3.01. The maximum atomic E-state index is 3.44. The van der Waals surface area contributed by atoms with Gasteiger partial charge in [-0.15, -0.1) is 0 Å². The van der Waals surface area contributed by atoms with Crippen molar-refractivity contribution in [2.24, 2.45) is 0 Å². The Kier molecular flexibility index (Phi) is 4.63. The first-order valence-corrected chi connectivity index (χ1v) is 7.62. The summed E-state index contributed by atoms with van der Waals surface area (Å²) < 4.78 is 1.35. The fraction of sp³-hybridized carbons (Fsp3) is 0.294. The molecular formula is C17H20IN. The average Bonchev–Trinajstić information content (AvgIpc) is 2.39. The number of hydrogen-bond acceptors (Lipinski definition) is 1. The molecule has 1 N–H and O–H groups in total. The van der Waals surface area contributed by atoms with Crippen LogP contribution in [0.1, 0.15) is 33.9 Å². The minimum absolute atomic E-state index is 0.256. The molecule has 0 amide bonds. The van der Waals surface area contributed by atoms with Crippen molar-refractivity contribution in [1.82, 2.24) is 5.32 Å². The van der Waals surface area contributed by atoms with E-state index in [4.69, 9.17) is 0 Å². The number of rotatable bonds is 3. The van der Waals surface area contributed by atoms with Crippen molar-refractivity contribution < 1.29 is 0 Å². The molecule has 19 heavy (non-hydrogen) atoms. The second kappa shape index (κ2) is 6.06. The van der Waals surface area contributed by atoms with Gasteiger partial charge in [-0.2, -0.15) is 0 Å². The third kappa shape index (κ3) is 3.00. The molecule has 0 aliphatic carbocycles. The highest BCUT2D eigenvalue weighted by Crippen LogP contribution is 2.28. The molecule has 1 nitrogen and oxygen atoms in total. The summed E-state index contributed by atoms with van der Waals surface area (Å²) >= 11 is 2.45. The molecule has 0 fully saturated rings. The summed E-state index contributed by atoms with van der Waals surface area (Å²) in [5.74, 6) is 0. The Bertz CT molecular complexity index is 590. The molecular weight excluding hydrogens is 345 g/mol. The van der Waals surface area contributed by atoms with E-state index in [1.807, 2.05) is 7.05 Å². The molecule has 0 saturated heterocycles. The van der Waals surface area contributed by atoms with E-state index < -0.39 is 0 Å². The fourth-order valence-electron chi connectivity index (χ4n) is 2.34. The zero-order valence-corrected chi connectivity index (χ0v) is 14.1. The zero-order chi connectivity index (χ0) is 14.0. The smallest absolute Gasteiger partial charge is 0.0584 e. The lowest BCUT2D eigenvalue weighted by Crippen LogP contribution is -2.19. The van der Waals surface area contributed by atoms with Crippen molar-refractivity contribution in [2.45, 2.75) is 26.8 Å². The van der Waals surface area contributed by atoms with E-state index >= 15 is 0 Å². The molecule has 0 aliphatic heterocycles. The van der Waals surface area contributed by atoms with Gasteiger partial charge in [-0.05, 0) is 78.2 Å². The molecule has 2 rings (SSSR count). The van der Waals surface area contributed by atoms with Crippen LogP contribution in [0.25, 0.3) is 0 Å². The van der Waals surface area contributed by atoms with Gasteiger partial charge < -0.3 is 5.32 Å². The predicted molar refractivity (Wildman–Crippen MR) is 90.7 cm³/mol. The largest absolute Gasteiger partial charge is 0.309 e. The molecule has 100 valence electrons. The SMILES string of the molecule is CNC(c1ccc(C)c(C)c1)c1cccc(C)c1I. The standard InChI is InChI=1S/C17H20IN/c1-11-8-9-14(10-13(11)3)17(19-4)15-7-5-6-12(2)16(15)18/h5-10,17,19H,1-4H3. The van der Waals surface area contributed by atoms with E-state index in [1.165, 1.54) is 31.4 Å². The molecule has 2 aromatic carbocycles.